The lowest BCUT2D eigenvalue weighted by molar-refractivity contribution is 0.0218. The van der Waals surface area contributed by atoms with Gasteiger partial charge in [0, 0.05) is 18.8 Å². The van der Waals surface area contributed by atoms with Gasteiger partial charge in [-0.25, -0.2) is 4.79 Å². The first-order valence-electron chi connectivity index (χ1n) is 10.2. The predicted octanol–water partition coefficient (Wildman–Crippen LogP) is 5.50. The van der Waals surface area contributed by atoms with Gasteiger partial charge in [-0.1, -0.05) is 39.0 Å². The molecule has 2 atom stereocenters. The minimum absolute atomic E-state index is 0.0461. The molecule has 0 spiro atoms. The van der Waals surface area contributed by atoms with Gasteiger partial charge in [0.25, 0.3) is 0 Å². The van der Waals surface area contributed by atoms with E-state index in [1.54, 1.807) is 0 Å². The first-order valence-corrected chi connectivity index (χ1v) is 13.2. The summed E-state index contributed by atoms with van der Waals surface area (Å²) in [5.74, 6) is 0. The van der Waals surface area contributed by atoms with Crippen molar-refractivity contribution in [2.75, 3.05) is 18.4 Å². The molecule has 1 fully saturated rings. The maximum atomic E-state index is 12.8. The van der Waals surface area contributed by atoms with Crippen molar-refractivity contribution in [2.24, 2.45) is 0 Å². The number of para-hydroxylation sites is 1. The number of nitrogens with one attached hydrogen (secondary N) is 1. The van der Waals surface area contributed by atoms with Crippen molar-refractivity contribution < 1.29 is 14.0 Å². The highest BCUT2D eigenvalue weighted by Gasteiger charge is 2.44. The van der Waals surface area contributed by atoms with Crippen LogP contribution in [0.3, 0.4) is 0 Å². The summed E-state index contributed by atoms with van der Waals surface area (Å²) in [5.41, 5.74) is 0.549. The molecular formula is C22H38N2O3Si. The summed E-state index contributed by atoms with van der Waals surface area (Å²) in [4.78, 5) is 14.7. The number of nitrogens with zero attached hydrogens (tertiary/aromatic N) is 1. The third kappa shape index (κ3) is 6.24. The van der Waals surface area contributed by atoms with Crippen molar-refractivity contribution in [1.29, 1.82) is 0 Å². The zero-order chi connectivity index (χ0) is 21.2. The van der Waals surface area contributed by atoms with Crippen LogP contribution in [-0.2, 0) is 9.16 Å². The minimum Gasteiger partial charge on any atom is -0.444 e. The number of carbonyl (C=O) groups is 1. The van der Waals surface area contributed by atoms with Crippen molar-refractivity contribution in [3.63, 3.8) is 0 Å². The number of ether oxygens (including phenoxy) is 1. The first kappa shape index (κ1) is 22.8. The fourth-order valence-corrected chi connectivity index (χ4v) is 4.44. The van der Waals surface area contributed by atoms with Crippen molar-refractivity contribution in [1.82, 2.24) is 4.90 Å². The van der Waals surface area contributed by atoms with E-state index in [9.17, 15) is 4.79 Å². The van der Waals surface area contributed by atoms with E-state index < -0.39 is 13.9 Å². The van der Waals surface area contributed by atoms with E-state index in [1.165, 1.54) is 0 Å². The van der Waals surface area contributed by atoms with Crippen LogP contribution in [0.4, 0.5) is 10.5 Å². The van der Waals surface area contributed by atoms with Crippen LogP contribution in [0.2, 0.25) is 18.1 Å². The van der Waals surface area contributed by atoms with E-state index in [4.69, 9.17) is 9.16 Å². The summed E-state index contributed by atoms with van der Waals surface area (Å²) < 4.78 is 12.3. The third-order valence-corrected chi connectivity index (χ3v) is 10.1. The summed E-state index contributed by atoms with van der Waals surface area (Å²) >= 11 is 0. The fraction of sp³-hybridized carbons (Fsp3) is 0.682. The molecule has 6 heteroatoms. The van der Waals surface area contributed by atoms with Crippen LogP contribution in [-0.4, -0.2) is 50.1 Å². The smallest absolute Gasteiger partial charge is 0.410 e. The van der Waals surface area contributed by atoms with Gasteiger partial charge in [0.15, 0.2) is 8.32 Å². The molecule has 1 amide bonds. The van der Waals surface area contributed by atoms with Crippen molar-refractivity contribution in [3.05, 3.63) is 30.3 Å². The Morgan fingerprint density at radius 2 is 1.75 bits per heavy atom. The molecule has 0 bridgehead atoms. The molecule has 1 N–H and O–H groups in total. The zero-order valence-electron chi connectivity index (χ0n) is 18.8. The van der Waals surface area contributed by atoms with Gasteiger partial charge in [-0.05, 0) is 57.5 Å². The summed E-state index contributed by atoms with van der Waals surface area (Å²) in [5, 5.41) is 3.60. The van der Waals surface area contributed by atoms with Crippen LogP contribution >= 0.6 is 0 Å². The number of carbonyl (C=O) groups excluding carboxylic acids is 1. The number of likely N-dealkylation sites (tertiary alicyclic amines) is 1. The Bertz CT molecular complexity index is 650. The molecule has 0 unspecified atom stereocenters. The van der Waals surface area contributed by atoms with E-state index in [1.807, 2.05) is 56.0 Å². The summed E-state index contributed by atoms with van der Waals surface area (Å²) in [6.45, 7) is 18.2. The second-order valence-electron chi connectivity index (χ2n) is 10.3. The van der Waals surface area contributed by atoms with Crippen molar-refractivity contribution >= 4 is 20.1 Å². The Morgan fingerprint density at radius 3 is 2.29 bits per heavy atom. The number of rotatable bonds is 5. The first-order chi connectivity index (χ1) is 12.8. The monoisotopic (exact) mass is 406 g/mol. The lowest BCUT2D eigenvalue weighted by Gasteiger charge is -2.38. The Hall–Kier alpha value is -1.53. The normalized spacial score (nSPS) is 20.9. The Balaban J connectivity index is 2.10. The number of hydrogen-bond donors (Lipinski definition) is 1. The minimum atomic E-state index is -1.90. The van der Waals surface area contributed by atoms with Crippen LogP contribution in [0, 0.1) is 0 Å². The molecule has 5 nitrogen and oxygen atoms in total. The largest absolute Gasteiger partial charge is 0.444 e. The Kier molecular flexibility index (Phi) is 6.87. The van der Waals surface area contributed by atoms with Gasteiger partial charge < -0.3 is 19.4 Å². The maximum absolute atomic E-state index is 12.8. The van der Waals surface area contributed by atoms with E-state index in [-0.39, 0.29) is 23.3 Å². The molecule has 0 aromatic heterocycles. The summed E-state index contributed by atoms with van der Waals surface area (Å²) in [7, 11) is -1.90. The molecule has 0 aliphatic carbocycles. The number of amides is 1. The molecule has 28 heavy (non-hydrogen) atoms. The van der Waals surface area contributed by atoms with Gasteiger partial charge in [-0.15, -0.1) is 0 Å². The molecule has 1 aromatic carbocycles. The molecule has 158 valence electrons. The van der Waals surface area contributed by atoms with Crippen LogP contribution in [0.15, 0.2) is 30.3 Å². The standard InChI is InChI=1S/C22H38N2O3Si/c1-21(2,3)26-20(25)24-16-19(27-28(7,8)22(4,5)6)14-18(24)15-23-17-12-10-9-11-13-17/h9-13,18-19,23H,14-16H2,1-8H3/t18-,19+/m0/s1. The van der Waals surface area contributed by atoms with Crippen LogP contribution in [0.5, 0.6) is 0 Å². The molecule has 2 rings (SSSR count). The molecule has 1 saturated heterocycles. The van der Waals surface area contributed by atoms with E-state index in [2.05, 4.69) is 39.2 Å². The van der Waals surface area contributed by atoms with Gasteiger partial charge in [-0.3, -0.25) is 0 Å². The van der Waals surface area contributed by atoms with Gasteiger partial charge in [0.2, 0.25) is 0 Å². The lowest BCUT2D eigenvalue weighted by Crippen LogP contribution is -2.45. The molecule has 1 aromatic rings. The lowest BCUT2D eigenvalue weighted by atomic mass is 10.2. The number of benzene rings is 1. The fourth-order valence-electron chi connectivity index (χ4n) is 3.08. The topological polar surface area (TPSA) is 50.8 Å². The van der Waals surface area contributed by atoms with Gasteiger partial charge in [-0.2, -0.15) is 0 Å². The number of hydrogen-bond acceptors (Lipinski definition) is 4. The average molecular weight is 407 g/mol. The second kappa shape index (κ2) is 8.45. The number of anilines is 1. The van der Waals surface area contributed by atoms with Gasteiger partial charge in [0.1, 0.15) is 5.60 Å². The Morgan fingerprint density at radius 1 is 1.14 bits per heavy atom. The van der Waals surface area contributed by atoms with E-state index >= 15 is 0 Å². The van der Waals surface area contributed by atoms with Crippen molar-refractivity contribution in [3.8, 4) is 0 Å². The second-order valence-corrected chi connectivity index (χ2v) is 15.0. The predicted molar refractivity (Wildman–Crippen MR) is 118 cm³/mol. The van der Waals surface area contributed by atoms with Crippen LogP contribution < -0.4 is 5.32 Å². The van der Waals surface area contributed by atoms with Gasteiger partial charge >= 0.3 is 6.09 Å². The molecular weight excluding hydrogens is 368 g/mol. The SMILES string of the molecule is CC(C)(C)OC(=O)N1C[C@H](O[Si](C)(C)C(C)(C)C)C[C@H]1CNc1ccccc1. The average Bonchev–Trinajstić information content (AvgIpc) is 2.93. The van der Waals surface area contributed by atoms with Crippen LogP contribution in [0.25, 0.3) is 0 Å². The van der Waals surface area contributed by atoms with Gasteiger partial charge in [0.05, 0.1) is 12.1 Å². The summed E-state index contributed by atoms with van der Waals surface area (Å²) in [6, 6.07) is 10.1. The highest BCUT2D eigenvalue weighted by atomic mass is 28.4. The molecule has 1 aliphatic rings. The highest BCUT2D eigenvalue weighted by Crippen LogP contribution is 2.39. The van der Waals surface area contributed by atoms with Crippen molar-refractivity contribution in [2.45, 2.75) is 83.8 Å². The maximum Gasteiger partial charge on any atom is 0.410 e. The highest BCUT2D eigenvalue weighted by molar-refractivity contribution is 6.74. The third-order valence-electron chi connectivity index (χ3n) is 5.59. The molecule has 1 aliphatic heterocycles. The summed E-state index contributed by atoms with van der Waals surface area (Å²) in [6.07, 6.45) is 0.621. The molecule has 0 saturated carbocycles. The zero-order valence-corrected chi connectivity index (χ0v) is 19.8. The molecule has 0 radical (unpaired) electrons. The Labute approximate surface area is 171 Å². The van der Waals surface area contributed by atoms with Crippen LogP contribution in [0.1, 0.15) is 48.0 Å². The molecule has 1 heterocycles. The van der Waals surface area contributed by atoms with E-state index in [0.717, 1.165) is 12.1 Å². The van der Waals surface area contributed by atoms with E-state index in [0.29, 0.717) is 13.1 Å². The quantitative estimate of drug-likeness (QED) is 0.656.